The van der Waals surface area contributed by atoms with E-state index < -0.39 is 41.3 Å². The number of ether oxygens (including phenoxy) is 4. The van der Waals surface area contributed by atoms with Crippen LogP contribution in [0.15, 0.2) is 61.2 Å². The van der Waals surface area contributed by atoms with Crippen LogP contribution >= 0.6 is 0 Å². The van der Waals surface area contributed by atoms with Crippen LogP contribution in [0.25, 0.3) is 0 Å². The molecule has 42 heavy (non-hydrogen) atoms. The maximum Gasteiger partial charge on any atom is 0.252 e. The average molecular weight is 581 g/mol. The van der Waals surface area contributed by atoms with Crippen molar-refractivity contribution in [2.45, 2.75) is 82.6 Å². The van der Waals surface area contributed by atoms with E-state index in [1.165, 1.54) is 6.07 Å². The summed E-state index contributed by atoms with van der Waals surface area (Å²) in [5.74, 6) is -2.77. The molecule has 1 aliphatic heterocycles. The van der Waals surface area contributed by atoms with Gasteiger partial charge in [0.25, 0.3) is 5.91 Å². The molecule has 2 fully saturated rings. The third kappa shape index (κ3) is 6.85. The molecule has 1 saturated carbocycles. The summed E-state index contributed by atoms with van der Waals surface area (Å²) < 4.78 is 55.1. The van der Waals surface area contributed by atoms with E-state index >= 15 is 0 Å². The van der Waals surface area contributed by atoms with Gasteiger partial charge in [0.05, 0.1) is 43.4 Å². The Kier molecular flexibility index (Phi) is 8.99. The number of aromatic nitrogens is 2. The predicted octanol–water partition coefficient (Wildman–Crippen LogP) is 4.39. The van der Waals surface area contributed by atoms with Crippen molar-refractivity contribution in [1.29, 1.82) is 5.26 Å². The Bertz CT molecular complexity index is 1430. The highest BCUT2D eigenvalue weighted by atomic mass is 19.1. The van der Waals surface area contributed by atoms with Gasteiger partial charge in [-0.3, -0.25) is 4.79 Å². The van der Waals surface area contributed by atoms with Crippen molar-refractivity contribution in [1.82, 2.24) is 14.9 Å². The van der Waals surface area contributed by atoms with Crippen molar-refractivity contribution in [2.24, 2.45) is 0 Å². The lowest BCUT2D eigenvalue weighted by molar-refractivity contribution is -0.183. The molecule has 2 heterocycles. The van der Waals surface area contributed by atoms with Gasteiger partial charge in [0.2, 0.25) is 0 Å². The van der Waals surface area contributed by atoms with Crippen LogP contribution in [0.1, 0.15) is 49.8 Å². The molecule has 5 rings (SSSR count). The molecule has 1 saturated heterocycles. The first-order valence-corrected chi connectivity index (χ1v) is 14.0. The van der Waals surface area contributed by atoms with Crippen molar-refractivity contribution in [3.8, 4) is 6.07 Å². The lowest BCUT2D eigenvalue weighted by atomic mass is 9.78. The minimum atomic E-state index is -1.46. The third-order valence-electron chi connectivity index (χ3n) is 7.61. The molecule has 1 amide bonds. The molecule has 4 atom stereocenters. The zero-order chi connectivity index (χ0) is 29.7. The number of rotatable bonds is 11. The molecule has 2 aromatic carbocycles. The number of amides is 1. The molecule has 0 radical (unpaired) electrons. The Labute approximate surface area is 243 Å². The monoisotopic (exact) mass is 580 g/mol. The standard InChI is InChI=1S/C31H34F2N4O5/c1-30(2)41-27-16-31(40-19-23-8-9-24(32)14-25(23)33,29(38)36-10-5-12-37-13-11-35-20-37)15-26(28(27)42-30)39-18-22-7-4-3-6-21(22)17-34/h3-4,6-9,11,13-14,20,26-28H,5,10,12,15-16,18-19H2,1-2H3,(H,36,38)/t26?,27-,28+,31-/m1/s1. The van der Waals surface area contributed by atoms with E-state index in [-0.39, 0.29) is 37.5 Å². The molecule has 222 valence electrons. The van der Waals surface area contributed by atoms with Crippen molar-refractivity contribution < 1.29 is 32.5 Å². The lowest BCUT2D eigenvalue weighted by Crippen LogP contribution is -2.60. The zero-order valence-electron chi connectivity index (χ0n) is 23.6. The average Bonchev–Trinajstić information content (AvgIpc) is 3.59. The lowest BCUT2D eigenvalue weighted by Gasteiger charge is -2.43. The SMILES string of the molecule is CC1(C)O[C@@H]2C[C@@](OCc3ccc(F)cc3F)(C(=O)NCCCn3ccnc3)CC(OCc3ccccc3C#N)[C@@H]2O1. The first-order valence-electron chi connectivity index (χ1n) is 14.0. The van der Waals surface area contributed by atoms with Crippen LogP contribution in [0.4, 0.5) is 8.78 Å². The maximum atomic E-state index is 14.6. The molecule has 1 unspecified atom stereocenters. The van der Waals surface area contributed by atoms with Crippen LogP contribution in [0.3, 0.4) is 0 Å². The number of carbonyl (C=O) groups is 1. The van der Waals surface area contributed by atoms with Gasteiger partial charge in [0.1, 0.15) is 17.7 Å². The third-order valence-corrected chi connectivity index (χ3v) is 7.61. The zero-order valence-corrected chi connectivity index (χ0v) is 23.6. The van der Waals surface area contributed by atoms with Crippen LogP contribution in [0.2, 0.25) is 0 Å². The van der Waals surface area contributed by atoms with E-state index in [9.17, 15) is 18.8 Å². The van der Waals surface area contributed by atoms with Gasteiger partial charge in [-0.15, -0.1) is 0 Å². The largest absolute Gasteiger partial charge is 0.371 e. The van der Waals surface area contributed by atoms with Gasteiger partial charge in [0.15, 0.2) is 11.4 Å². The highest BCUT2D eigenvalue weighted by Gasteiger charge is 2.58. The van der Waals surface area contributed by atoms with Crippen LogP contribution in [0, 0.1) is 23.0 Å². The summed E-state index contributed by atoms with van der Waals surface area (Å²) in [4.78, 5) is 17.9. The van der Waals surface area contributed by atoms with Gasteiger partial charge in [-0.25, -0.2) is 13.8 Å². The molecular weight excluding hydrogens is 546 g/mol. The van der Waals surface area contributed by atoms with E-state index in [2.05, 4.69) is 16.4 Å². The first-order chi connectivity index (χ1) is 20.2. The number of nitrogens with zero attached hydrogens (tertiary/aromatic N) is 3. The van der Waals surface area contributed by atoms with Gasteiger partial charge in [-0.05, 0) is 38.0 Å². The van der Waals surface area contributed by atoms with Gasteiger partial charge in [0, 0.05) is 50.0 Å². The van der Waals surface area contributed by atoms with Gasteiger partial charge in [-0.1, -0.05) is 24.3 Å². The minimum absolute atomic E-state index is 0.0957. The number of imidazole rings is 1. The van der Waals surface area contributed by atoms with Crippen molar-refractivity contribution >= 4 is 5.91 Å². The Morgan fingerprint density at radius 1 is 1.17 bits per heavy atom. The van der Waals surface area contributed by atoms with E-state index in [4.69, 9.17) is 18.9 Å². The number of aryl methyl sites for hydroxylation is 1. The van der Waals surface area contributed by atoms with Crippen molar-refractivity contribution in [3.63, 3.8) is 0 Å². The molecule has 1 N–H and O–H groups in total. The fourth-order valence-corrected chi connectivity index (χ4v) is 5.56. The predicted molar refractivity (Wildman–Crippen MR) is 147 cm³/mol. The van der Waals surface area contributed by atoms with E-state index in [0.29, 0.717) is 30.6 Å². The Morgan fingerprint density at radius 2 is 2.00 bits per heavy atom. The van der Waals surface area contributed by atoms with Crippen LogP contribution < -0.4 is 5.32 Å². The number of halogens is 2. The first kappa shape index (κ1) is 29.8. The molecule has 11 heteroatoms. The number of hydrogen-bond donors (Lipinski definition) is 1. The summed E-state index contributed by atoms with van der Waals surface area (Å²) in [7, 11) is 0. The molecule has 2 aliphatic rings. The number of fused-ring (bicyclic) bond motifs is 1. The van der Waals surface area contributed by atoms with Crippen LogP contribution in [-0.4, -0.2) is 51.7 Å². The van der Waals surface area contributed by atoms with E-state index in [1.54, 1.807) is 38.5 Å². The molecule has 1 aliphatic carbocycles. The van der Waals surface area contributed by atoms with Gasteiger partial charge < -0.3 is 28.8 Å². The molecule has 0 spiro atoms. The molecule has 3 aromatic rings. The van der Waals surface area contributed by atoms with E-state index in [0.717, 1.165) is 12.1 Å². The number of hydrogen-bond acceptors (Lipinski definition) is 7. The molecule has 0 bridgehead atoms. The van der Waals surface area contributed by atoms with Crippen molar-refractivity contribution in [2.75, 3.05) is 6.54 Å². The Hall–Kier alpha value is -3.69. The van der Waals surface area contributed by atoms with Crippen LogP contribution in [0.5, 0.6) is 0 Å². The topological polar surface area (TPSA) is 108 Å². The quantitative estimate of drug-likeness (QED) is 0.335. The van der Waals surface area contributed by atoms with Gasteiger partial charge in [-0.2, -0.15) is 5.26 Å². The number of nitriles is 1. The second-order valence-electron chi connectivity index (χ2n) is 11.1. The molecule has 1 aromatic heterocycles. The normalized spacial score (nSPS) is 24.6. The fourth-order valence-electron chi connectivity index (χ4n) is 5.56. The second kappa shape index (κ2) is 12.7. The number of nitrogens with one attached hydrogen (secondary N) is 1. The summed E-state index contributed by atoms with van der Waals surface area (Å²) in [5.41, 5.74) is -0.154. The van der Waals surface area contributed by atoms with E-state index in [1.807, 2.05) is 22.9 Å². The number of carbonyl (C=O) groups excluding carboxylic acids is 1. The smallest absolute Gasteiger partial charge is 0.252 e. The number of benzene rings is 2. The summed E-state index contributed by atoms with van der Waals surface area (Å²) in [6.45, 7) is 4.45. The molecule has 9 nitrogen and oxygen atoms in total. The highest BCUT2D eigenvalue weighted by Crippen LogP contribution is 2.44. The van der Waals surface area contributed by atoms with Gasteiger partial charge >= 0.3 is 0 Å². The summed E-state index contributed by atoms with van der Waals surface area (Å²) in [6.07, 6.45) is 4.43. The Balaban J connectivity index is 1.38. The molecular formula is C31H34F2N4O5. The second-order valence-corrected chi connectivity index (χ2v) is 11.1. The summed E-state index contributed by atoms with van der Waals surface area (Å²) in [6, 6.07) is 12.5. The fraction of sp³-hybridized carbons (Fsp3) is 0.452. The van der Waals surface area contributed by atoms with Crippen molar-refractivity contribution in [3.05, 3.63) is 89.5 Å². The highest BCUT2D eigenvalue weighted by molar-refractivity contribution is 5.85. The van der Waals surface area contributed by atoms with Crippen LogP contribution in [-0.2, 0) is 43.5 Å². The maximum absolute atomic E-state index is 14.6. The summed E-state index contributed by atoms with van der Waals surface area (Å²) in [5, 5.41) is 12.5. The minimum Gasteiger partial charge on any atom is -0.371 e. The summed E-state index contributed by atoms with van der Waals surface area (Å²) >= 11 is 0. The Morgan fingerprint density at radius 3 is 2.76 bits per heavy atom.